The van der Waals surface area contributed by atoms with E-state index in [4.69, 9.17) is 21.1 Å². The van der Waals surface area contributed by atoms with Crippen LogP contribution in [0.3, 0.4) is 0 Å². The quantitative estimate of drug-likeness (QED) is 0.681. The van der Waals surface area contributed by atoms with E-state index in [1.165, 1.54) is 16.4 Å². The molecule has 0 unspecified atom stereocenters. The topological polar surface area (TPSA) is 114 Å². The second kappa shape index (κ2) is 8.97. The van der Waals surface area contributed by atoms with E-state index in [1.807, 2.05) is 0 Å². The van der Waals surface area contributed by atoms with Crippen molar-refractivity contribution in [2.45, 2.75) is 17.7 Å². The van der Waals surface area contributed by atoms with Crippen LogP contribution in [0.2, 0.25) is 5.02 Å². The fourth-order valence-corrected chi connectivity index (χ4v) is 5.71. The smallest absolute Gasteiger partial charge is 0.262 e. The van der Waals surface area contributed by atoms with Gasteiger partial charge in [0.2, 0.25) is 15.9 Å². The fraction of sp³-hybridized carbons (Fsp3) is 0.333. The number of piperidine rings is 1. The third-order valence-electron chi connectivity index (χ3n) is 5.45. The Kier molecular flexibility index (Phi) is 6.27. The molecule has 2 N–H and O–H groups in total. The summed E-state index contributed by atoms with van der Waals surface area (Å²) >= 11 is 6.22. The number of sulfonamides is 1. The van der Waals surface area contributed by atoms with E-state index in [9.17, 15) is 18.0 Å². The highest BCUT2D eigenvalue weighted by Crippen LogP contribution is 2.37. The molecule has 0 saturated carbocycles. The molecule has 0 radical (unpaired) electrons. The molecule has 4 rings (SSSR count). The van der Waals surface area contributed by atoms with Crippen LogP contribution >= 0.6 is 11.6 Å². The summed E-state index contributed by atoms with van der Waals surface area (Å²) in [7, 11) is -2.35. The van der Waals surface area contributed by atoms with Crippen LogP contribution in [0.5, 0.6) is 11.5 Å². The third kappa shape index (κ3) is 4.52. The van der Waals surface area contributed by atoms with E-state index < -0.39 is 10.0 Å². The van der Waals surface area contributed by atoms with Crippen molar-refractivity contribution in [1.82, 2.24) is 4.31 Å². The van der Waals surface area contributed by atoms with Crippen molar-refractivity contribution in [1.29, 1.82) is 0 Å². The average molecular weight is 480 g/mol. The van der Waals surface area contributed by atoms with E-state index in [1.54, 1.807) is 31.4 Å². The van der Waals surface area contributed by atoms with Gasteiger partial charge < -0.3 is 20.1 Å². The lowest BCUT2D eigenvalue weighted by Crippen LogP contribution is -2.41. The molecule has 11 heteroatoms. The van der Waals surface area contributed by atoms with Gasteiger partial charge >= 0.3 is 0 Å². The van der Waals surface area contributed by atoms with E-state index in [0.29, 0.717) is 30.0 Å². The van der Waals surface area contributed by atoms with Gasteiger partial charge in [-0.05, 0) is 31.0 Å². The molecule has 9 nitrogen and oxygen atoms in total. The van der Waals surface area contributed by atoms with Gasteiger partial charge in [-0.3, -0.25) is 9.59 Å². The third-order valence-corrected chi connectivity index (χ3v) is 7.81. The van der Waals surface area contributed by atoms with Crippen LogP contribution in [0.4, 0.5) is 11.4 Å². The number of hydrogen-bond acceptors (Lipinski definition) is 6. The largest absolute Gasteiger partial charge is 0.497 e. The van der Waals surface area contributed by atoms with Crippen LogP contribution in [0.25, 0.3) is 0 Å². The van der Waals surface area contributed by atoms with Gasteiger partial charge in [-0.25, -0.2) is 8.42 Å². The lowest BCUT2D eigenvalue weighted by atomic mass is 9.97. The fourth-order valence-electron chi connectivity index (χ4n) is 3.72. The Morgan fingerprint density at radius 1 is 1.25 bits per heavy atom. The van der Waals surface area contributed by atoms with Crippen LogP contribution in [0, 0.1) is 5.92 Å². The molecular formula is C21H22ClN3O6S. The first kappa shape index (κ1) is 22.4. The Morgan fingerprint density at radius 3 is 2.72 bits per heavy atom. The second-order valence-corrected chi connectivity index (χ2v) is 9.83. The number of rotatable bonds is 5. The number of hydrogen-bond donors (Lipinski definition) is 2. The molecule has 2 aliphatic rings. The van der Waals surface area contributed by atoms with Crippen molar-refractivity contribution in [2.75, 3.05) is 37.4 Å². The molecule has 2 heterocycles. The van der Waals surface area contributed by atoms with Gasteiger partial charge in [0.1, 0.15) is 16.4 Å². The number of halogens is 1. The molecule has 0 atom stereocenters. The minimum Gasteiger partial charge on any atom is -0.497 e. The maximum Gasteiger partial charge on any atom is 0.262 e. The zero-order valence-electron chi connectivity index (χ0n) is 17.3. The molecule has 0 bridgehead atoms. The Hall–Kier alpha value is -2.82. The van der Waals surface area contributed by atoms with Crippen molar-refractivity contribution >= 4 is 44.8 Å². The van der Waals surface area contributed by atoms with Crippen LogP contribution in [0.1, 0.15) is 12.8 Å². The molecule has 2 aliphatic heterocycles. The standard InChI is InChI=1S/C21H22ClN3O6S/c1-30-15-4-2-3-14(9-15)23-21(27)13-5-7-25(8-6-13)32(28,29)19-11-18-17(10-16(19)22)24-20(26)12-31-18/h2-4,9-11,13H,5-8,12H2,1H3,(H,23,27)(H,24,26). The van der Waals surface area contributed by atoms with Crippen molar-refractivity contribution in [3.63, 3.8) is 0 Å². The van der Waals surface area contributed by atoms with Gasteiger partial charge in [-0.15, -0.1) is 0 Å². The van der Waals surface area contributed by atoms with E-state index in [-0.39, 0.29) is 53.1 Å². The molecule has 1 saturated heterocycles. The normalized spacial score (nSPS) is 17.1. The number of nitrogens with zero attached hydrogens (tertiary/aromatic N) is 1. The zero-order chi connectivity index (χ0) is 22.9. The van der Waals surface area contributed by atoms with Crippen LogP contribution < -0.4 is 20.1 Å². The Bertz CT molecular complexity index is 1160. The van der Waals surface area contributed by atoms with Crippen molar-refractivity contribution in [2.24, 2.45) is 5.92 Å². The number of methoxy groups -OCH3 is 1. The highest BCUT2D eigenvalue weighted by molar-refractivity contribution is 7.89. The summed E-state index contributed by atoms with van der Waals surface area (Å²) in [4.78, 5) is 24.0. The number of carbonyl (C=O) groups excluding carboxylic acids is 2. The van der Waals surface area contributed by atoms with Gasteiger partial charge in [0.15, 0.2) is 6.61 Å². The first-order chi connectivity index (χ1) is 15.3. The summed E-state index contributed by atoms with van der Waals surface area (Å²) in [6.07, 6.45) is 0.758. The van der Waals surface area contributed by atoms with Gasteiger partial charge in [-0.2, -0.15) is 4.31 Å². The maximum absolute atomic E-state index is 13.2. The number of ether oxygens (including phenoxy) is 2. The van der Waals surface area contributed by atoms with Crippen molar-refractivity contribution in [3.8, 4) is 11.5 Å². The van der Waals surface area contributed by atoms with Gasteiger partial charge in [-0.1, -0.05) is 17.7 Å². The Labute approximate surface area is 190 Å². The van der Waals surface area contributed by atoms with Gasteiger partial charge in [0.25, 0.3) is 5.91 Å². The average Bonchev–Trinajstić information content (AvgIpc) is 2.78. The highest BCUT2D eigenvalue weighted by atomic mass is 35.5. The second-order valence-electron chi connectivity index (χ2n) is 7.52. The summed E-state index contributed by atoms with van der Waals surface area (Å²) in [5, 5.41) is 5.45. The summed E-state index contributed by atoms with van der Waals surface area (Å²) in [5.41, 5.74) is 0.954. The van der Waals surface area contributed by atoms with E-state index in [2.05, 4.69) is 10.6 Å². The number of amides is 2. The molecule has 0 spiro atoms. The van der Waals surface area contributed by atoms with Crippen molar-refractivity contribution < 1.29 is 27.5 Å². The minimum atomic E-state index is -3.90. The molecule has 2 aromatic rings. The van der Waals surface area contributed by atoms with Crippen LogP contribution in [-0.4, -0.2) is 51.3 Å². The number of carbonyl (C=O) groups is 2. The lowest BCUT2D eigenvalue weighted by molar-refractivity contribution is -0.121. The summed E-state index contributed by atoms with van der Waals surface area (Å²) in [6.45, 7) is 0.176. The number of fused-ring (bicyclic) bond motifs is 1. The minimum absolute atomic E-state index is 0.00700. The monoisotopic (exact) mass is 479 g/mol. The van der Waals surface area contributed by atoms with E-state index >= 15 is 0 Å². The molecule has 170 valence electrons. The predicted molar refractivity (Wildman–Crippen MR) is 119 cm³/mol. The number of nitrogens with one attached hydrogen (secondary N) is 2. The predicted octanol–water partition coefficient (Wildman–Crippen LogP) is 2.72. The first-order valence-electron chi connectivity index (χ1n) is 9.99. The molecule has 0 aromatic heterocycles. The SMILES string of the molecule is COc1cccc(NC(=O)C2CCN(S(=O)(=O)c3cc4c(cc3Cl)NC(=O)CO4)CC2)c1. The molecule has 2 amide bonds. The maximum atomic E-state index is 13.2. The summed E-state index contributed by atoms with van der Waals surface area (Å²) in [5.74, 6) is 0.0734. The first-order valence-corrected chi connectivity index (χ1v) is 11.8. The zero-order valence-corrected chi connectivity index (χ0v) is 18.8. The summed E-state index contributed by atoms with van der Waals surface area (Å²) < 4.78 is 38.2. The lowest BCUT2D eigenvalue weighted by Gasteiger charge is -2.31. The Balaban J connectivity index is 1.43. The molecule has 32 heavy (non-hydrogen) atoms. The van der Waals surface area contributed by atoms with Gasteiger partial charge in [0, 0.05) is 36.8 Å². The van der Waals surface area contributed by atoms with E-state index in [0.717, 1.165) is 0 Å². The summed E-state index contributed by atoms with van der Waals surface area (Å²) in [6, 6.07) is 9.75. The molecular weight excluding hydrogens is 458 g/mol. The highest BCUT2D eigenvalue weighted by Gasteiger charge is 2.34. The molecule has 2 aromatic carbocycles. The molecule has 0 aliphatic carbocycles. The van der Waals surface area contributed by atoms with Crippen LogP contribution in [0.15, 0.2) is 41.3 Å². The van der Waals surface area contributed by atoms with Gasteiger partial charge in [0.05, 0.1) is 17.8 Å². The number of benzene rings is 2. The number of anilines is 2. The Morgan fingerprint density at radius 2 is 2.00 bits per heavy atom. The van der Waals surface area contributed by atoms with Crippen molar-refractivity contribution in [3.05, 3.63) is 41.4 Å². The molecule has 1 fully saturated rings. The van der Waals surface area contributed by atoms with Crippen LogP contribution in [-0.2, 0) is 19.6 Å².